The standard InChI is InChI=1S/C98H103N3/c1-87(2)56-91(9,10)97(17)80-52-64(42-49-83(80)100(95(97,15)58-87)67-35-24-20-25-36-67)76-54-75(63-41-48-82-79(51-63)93(13)60-89(5,6)90(7,8)61-94(93,14)99(82)66-33-22-19-23-34-66)71-44-45-73-77(55-78(74-47-46-72(76)85(71)86(73)74)70-40-30-32-62-31-28-29-39-69(62)70)65-43-50-84-81(53-65)98(18)92(11,12)57-88(3,4)59-96(98,16)101(84)68-37-26-21-27-38-68/h19-55H,56-61H2,1-18H3. The Hall–Kier alpha value is -8.66. The van der Waals surface area contributed by atoms with Crippen LogP contribution in [0.4, 0.5) is 34.1 Å². The molecule has 0 saturated heterocycles. The first kappa shape index (κ1) is 64.4. The minimum absolute atomic E-state index is 0.0298. The molecule has 6 atom stereocenters. The van der Waals surface area contributed by atoms with E-state index in [9.17, 15) is 0 Å². The number of fused-ring (bicyclic) bond motifs is 10. The van der Waals surface area contributed by atoms with Crippen LogP contribution in [0.15, 0.2) is 224 Å². The molecule has 510 valence electrons. The van der Waals surface area contributed by atoms with E-state index in [0.717, 1.165) is 38.5 Å². The predicted molar refractivity (Wildman–Crippen MR) is 433 cm³/mol. The summed E-state index contributed by atoms with van der Waals surface area (Å²) in [6.07, 6.45) is 6.60. The molecule has 0 aromatic heterocycles. The average Bonchev–Trinajstić information content (AvgIpc) is 1.55. The van der Waals surface area contributed by atoms with Crippen LogP contribution in [0.3, 0.4) is 0 Å². The summed E-state index contributed by atoms with van der Waals surface area (Å²) in [6.45, 7) is 46.2. The lowest BCUT2D eigenvalue weighted by molar-refractivity contribution is -0.0311. The van der Waals surface area contributed by atoms with Crippen LogP contribution in [0.25, 0.3) is 87.6 Å². The molecule has 12 aromatic carbocycles. The fourth-order valence-corrected chi connectivity index (χ4v) is 24.9. The summed E-state index contributed by atoms with van der Waals surface area (Å²) in [5.41, 5.74) is 21.7. The molecule has 101 heavy (non-hydrogen) atoms. The van der Waals surface area contributed by atoms with Gasteiger partial charge in [-0.05, 0) is 281 Å². The number of rotatable bonds is 7. The Morgan fingerprint density at radius 1 is 0.248 bits per heavy atom. The minimum Gasteiger partial charge on any atom is -0.334 e. The Bertz CT molecular complexity index is 5430. The van der Waals surface area contributed by atoms with Crippen molar-refractivity contribution in [3.05, 3.63) is 241 Å². The molecule has 3 heterocycles. The first-order valence-electron chi connectivity index (χ1n) is 38.0. The first-order valence-corrected chi connectivity index (χ1v) is 38.0. The number of para-hydroxylation sites is 3. The molecule has 0 bridgehead atoms. The van der Waals surface area contributed by atoms with Gasteiger partial charge in [0.15, 0.2) is 0 Å². The van der Waals surface area contributed by atoms with Gasteiger partial charge in [-0.25, -0.2) is 0 Å². The molecule has 18 rings (SSSR count). The van der Waals surface area contributed by atoms with Gasteiger partial charge < -0.3 is 14.7 Å². The summed E-state index contributed by atoms with van der Waals surface area (Å²) in [5.74, 6) is 0. The summed E-state index contributed by atoms with van der Waals surface area (Å²) >= 11 is 0. The van der Waals surface area contributed by atoms with Crippen molar-refractivity contribution in [2.24, 2.45) is 32.5 Å². The predicted octanol–water partition coefficient (Wildman–Crippen LogP) is 27.4. The quantitative estimate of drug-likeness (QED) is 0.147. The molecule has 0 amide bonds. The van der Waals surface area contributed by atoms with Gasteiger partial charge in [0, 0.05) is 50.4 Å². The molecule has 3 aliphatic heterocycles. The molecule has 6 aliphatic rings. The zero-order valence-corrected chi connectivity index (χ0v) is 63.4. The van der Waals surface area contributed by atoms with Crippen LogP contribution in [0.2, 0.25) is 0 Å². The zero-order chi connectivity index (χ0) is 70.6. The van der Waals surface area contributed by atoms with Crippen molar-refractivity contribution in [2.45, 2.75) is 196 Å². The van der Waals surface area contributed by atoms with E-state index in [1.807, 2.05) is 0 Å². The van der Waals surface area contributed by atoms with Gasteiger partial charge in [0.05, 0.1) is 16.6 Å². The van der Waals surface area contributed by atoms with Crippen LogP contribution >= 0.6 is 0 Å². The number of benzene rings is 12. The molecule has 0 spiro atoms. The lowest BCUT2D eigenvalue weighted by atomic mass is 9.45. The maximum Gasteiger partial charge on any atom is 0.0528 e. The van der Waals surface area contributed by atoms with Gasteiger partial charge in [0.1, 0.15) is 0 Å². The molecular formula is C98H103N3. The van der Waals surface area contributed by atoms with Crippen LogP contribution in [0.5, 0.6) is 0 Å². The van der Waals surface area contributed by atoms with Gasteiger partial charge in [-0.15, -0.1) is 0 Å². The topological polar surface area (TPSA) is 9.72 Å². The van der Waals surface area contributed by atoms with Crippen molar-refractivity contribution in [3.63, 3.8) is 0 Å². The van der Waals surface area contributed by atoms with Crippen LogP contribution in [-0.4, -0.2) is 16.6 Å². The molecular weight excluding hydrogens is 1220 g/mol. The van der Waals surface area contributed by atoms with E-state index in [-0.39, 0.29) is 65.4 Å². The zero-order valence-electron chi connectivity index (χ0n) is 63.4. The molecule has 3 saturated carbocycles. The number of hydrogen-bond donors (Lipinski definition) is 0. The van der Waals surface area contributed by atoms with Gasteiger partial charge in [0.2, 0.25) is 0 Å². The number of nitrogens with zero attached hydrogens (tertiary/aromatic N) is 3. The van der Waals surface area contributed by atoms with Crippen LogP contribution in [0.1, 0.15) is 180 Å². The summed E-state index contributed by atoms with van der Waals surface area (Å²) in [7, 11) is 0. The van der Waals surface area contributed by atoms with Gasteiger partial charge in [0.25, 0.3) is 0 Å². The Balaban J connectivity index is 0.946. The van der Waals surface area contributed by atoms with Crippen LogP contribution in [0, 0.1) is 32.5 Å². The van der Waals surface area contributed by atoms with Gasteiger partial charge in [-0.1, -0.05) is 243 Å². The van der Waals surface area contributed by atoms with Crippen molar-refractivity contribution in [3.8, 4) is 44.5 Å². The van der Waals surface area contributed by atoms with E-state index in [4.69, 9.17) is 0 Å². The highest BCUT2D eigenvalue weighted by molar-refractivity contribution is 6.32. The SMILES string of the molecule is CC1(C)CC(C)(C)C2(C)c3cc(-c4cc(-c5ccc6c(c5)C5(C)CC(C)(C)C(C)(C)CC5(C)N6c5ccccc5)c5ccc6c(-c7ccc8c(c7)C7(C)C(C)(C)CC(C)(C)CC7(C)N8c7ccccc7)cc(-c7cccc8ccccc78)c7ccc4c5c67)ccc3N(c3ccccc3)C2(C)C1. The summed E-state index contributed by atoms with van der Waals surface area (Å²) < 4.78 is 0. The normalized spacial score (nSPS) is 27.5. The van der Waals surface area contributed by atoms with Crippen molar-refractivity contribution in [1.29, 1.82) is 0 Å². The third-order valence-corrected chi connectivity index (χ3v) is 29.8. The highest BCUT2D eigenvalue weighted by atomic mass is 15.3. The largest absolute Gasteiger partial charge is 0.334 e. The van der Waals surface area contributed by atoms with Gasteiger partial charge in [-0.3, -0.25) is 0 Å². The van der Waals surface area contributed by atoms with Crippen molar-refractivity contribution in [1.82, 2.24) is 0 Å². The van der Waals surface area contributed by atoms with Gasteiger partial charge >= 0.3 is 0 Å². The fraction of sp³-hybridized carbons (Fsp3) is 0.367. The van der Waals surface area contributed by atoms with E-state index < -0.39 is 0 Å². The fourth-order valence-electron chi connectivity index (χ4n) is 24.9. The van der Waals surface area contributed by atoms with E-state index in [1.54, 1.807) is 0 Å². The first-order chi connectivity index (χ1) is 47.7. The Labute approximate surface area is 602 Å². The summed E-state index contributed by atoms with van der Waals surface area (Å²) in [5, 5.41) is 10.4. The number of hydrogen-bond acceptors (Lipinski definition) is 3. The molecule has 0 radical (unpaired) electrons. The molecule has 3 fully saturated rings. The second-order valence-corrected chi connectivity index (χ2v) is 38.1. The summed E-state index contributed by atoms with van der Waals surface area (Å²) in [6, 6.07) is 88.5. The van der Waals surface area contributed by atoms with Crippen LogP contribution < -0.4 is 14.7 Å². The smallest absolute Gasteiger partial charge is 0.0528 e. The Morgan fingerprint density at radius 2 is 0.604 bits per heavy atom. The van der Waals surface area contributed by atoms with E-state index >= 15 is 0 Å². The third kappa shape index (κ3) is 8.36. The lowest BCUT2D eigenvalue weighted by Gasteiger charge is -2.62. The molecule has 3 aliphatic carbocycles. The number of anilines is 6. The maximum atomic E-state index is 2.76. The minimum atomic E-state index is -0.203. The average molecular weight is 1320 g/mol. The molecule has 6 unspecified atom stereocenters. The highest BCUT2D eigenvalue weighted by Crippen LogP contribution is 2.73. The monoisotopic (exact) mass is 1320 g/mol. The van der Waals surface area contributed by atoms with Crippen molar-refractivity contribution >= 4 is 77.2 Å². The Morgan fingerprint density at radius 3 is 1.05 bits per heavy atom. The van der Waals surface area contributed by atoms with Crippen LogP contribution in [-0.2, 0) is 16.2 Å². The van der Waals surface area contributed by atoms with E-state index in [0.29, 0.717) is 0 Å². The second kappa shape index (κ2) is 20.6. The van der Waals surface area contributed by atoms with Crippen molar-refractivity contribution in [2.75, 3.05) is 14.7 Å². The highest BCUT2D eigenvalue weighted by Gasteiger charge is 2.70. The Kier molecular flexibility index (Phi) is 13.1. The van der Waals surface area contributed by atoms with E-state index in [2.05, 4.69) is 364 Å². The molecule has 0 N–H and O–H groups in total. The third-order valence-electron chi connectivity index (χ3n) is 29.8. The van der Waals surface area contributed by atoms with Crippen molar-refractivity contribution < 1.29 is 0 Å². The second-order valence-electron chi connectivity index (χ2n) is 38.1. The lowest BCUT2D eigenvalue weighted by Crippen LogP contribution is -2.65. The van der Waals surface area contributed by atoms with E-state index in [1.165, 1.54) is 138 Å². The molecule has 3 nitrogen and oxygen atoms in total. The molecule has 12 aromatic rings. The molecule has 3 heteroatoms. The summed E-state index contributed by atoms with van der Waals surface area (Å²) in [4.78, 5) is 8.28. The maximum absolute atomic E-state index is 2.76. The van der Waals surface area contributed by atoms with Gasteiger partial charge in [-0.2, -0.15) is 0 Å².